The Morgan fingerprint density at radius 1 is 1.48 bits per heavy atom. The lowest BCUT2D eigenvalue weighted by atomic mass is 10.3. The average molecular weight is 502 g/mol. The van der Waals surface area contributed by atoms with Crippen molar-refractivity contribution >= 4 is 69.2 Å². The van der Waals surface area contributed by atoms with E-state index in [1.165, 1.54) is 0 Å². The van der Waals surface area contributed by atoms with E-state index in [2.05, 4.69) is 73.9 Å². The van der Waals surface area contributed by atoms with Crippen molar-refractivity contribution in [2.24, 2.45) is 0 Å². The summed E-state index contributed by atoms with van der Waals surface area (Å²) in [4.78, 5) is 4.56. The highest BCUT2D eigenvalue weighted by atomic mass is 127. The molecule has 1 unspecified atom stereocenters. The van der Waals surface area contributed by atoms with Crippen molar-refractivity contribution in [3.05, 3.63) is 25.5 Å². The van der Waals surface area contributed by atoms with Crippen molar-refractivity contribution in [1.82, 2.24) is 9.55 Å². The SMILES string of the molecule is CCOC(C[Si](C)(C)C)n1cc(I)c2c(Cl)c(Br)cnc21. The minimum Gasteiger partial charge on any atom is -0.359 e. The zero-order valence-electron chi connectivity index (χ0n) is 12.6. The molecule has 0 N–H and O–H groups in total. The van der Waals surface area contributed by atoms with Crippen LogP contribution in [0.4, 0.5) is 0 Å². The second-order valence-corrected chi connectivity index (χ2v) is 14.1. The number of hydrogen-bond acceptors (Lipinski definition) is 2. The van der Waals surface area contributed by atoms with Gasteiger partial charge in [0.2, 0.25) is 0 Å². The minimum absolute atomic E-state index is 0.0254. The molecule has 116 valence electrons. The van der Waals surface area contributed by atoms with Gasteiger partial charge in [-0.2, -0.15) is 0 Å². The molecule has 0 radical (unpaired) electrons. The Balaban J connectivity index is 2.56. The van der Waals surface area contributed by atoms with E-state index < -0.39 is 8.07 Å². The lowest BCUT2D eigenvalue weighted by molar-refractivity contribution is 0.0266. The zero-order chi connectivity index (χ0) is 15.8. The van der Waals surface area contributed by atoms with Crippen LogP contribution in [0, 0.1) is 3.57 Å². The lowest BCUT2D eigenvalue weighted by Gasteiger charge is -2.26. The first-order valence-electron chi connectivity index (χ1n) is 6.86. The molecular formula is C14H19BrClIN2OSi. The highest BCUT2D eigenvalue weighted by Crippen LogP contribution is 2.36. The first-order chi connectivity index (χ1) is 9.74. The fourth-order valence-electron chi connectivity index (χ4n) is 2.29. The lowest BCUT2D eigenvalue weighted by Crippen LogP contribution is -2.27. The molecule has 0 bridgehead atoms. The molecule has 0 aliphatic rings. The van der Waals surface area contributed by atoms with Gasteiger partial charge in [0.05, 0.1) is 14.9 Å². The molecular weight excluding hydrogens is 483 g/mol. The van der Waals surface area contributed by atoms with E-state index in [1.54, 1.807) is 6.20 Å². The highest BCUT2D eigenvalue weighted by molar-refractivity contribution is 14.1. The van der Waals surface area contributed by atoms with Crippen molar-refractivity contribution in [3.8, 4) is 0 Å². The largest absolute Gasteiger partial charge is 0.359 e. The third-order valence-corrected chi connectivity index (χ3v) is 6.76. The maximum absolute atomic E-state index is 6.42. The van der Waals surface area contributed by atoms with Crippen molar-refractivity contribution in [1.29, 1.82) is 0 Å². The molecule has 2 aromatic heterocycles. The van der Waals surface area contributed by atoms with E-state index >= 15 is 0 Å². The van der Waals surface area contributed by atoms with Crippen LogP contribution in [0.2, 0.25) is 30.7 Å². The van der Waals surface area contributed by atoms with Gasteiger partial charge in [0.25, 0.3) is 0 Å². The third kappa shape index (κ3) is 4.02. The van der Waals surface area contributed by atoms with E-state index in [9.17, 15) is 0 Å². The molecule has 21 heavy (non-hydrogen) atoms. The van der Waals surface area contributed by atoms with Gasteiger partial charge in [-0.3, -0.25) is 0 Å². The molecule has 0 saturated carbocycles. The molecule has 2 rings (SSSR count). The van der Waals surface area contributed by atoms with Crippen molar-refractivity contribution in [2.45, 2.75) is 38.8 Å². The Bertz CT molecular complexity index is 656. The molecule has 0 fully saturated rings. The number of nitrogens with zero attached hydrogens (tertiary/aromatic N) is 2. The summed E-state index contributed by atoms with van der Waals surface area (Å²) < 4.78 is 10.1. The van der Waals surface area contributed by atoms with Crippen molar-refractivity contribution in [3.63, 3.8) is 0 Å². The van der Waals surface area contributed by atoms with Gasteiger partial charge in [0, 0.05) is 30.6 Å². The standard InChI is InChI=1S/C14H19BrClIN2OSi/c1-5-20-11(8-21(2,3)4)19-7-10(17)12-13(16)9(15)6-18-14(12)19/h6-7,11H,5,8H2,1-4H3. The molecule has 2 aromatic rings. The molecule has 0 aliphatic carbocycles. The van der Waals surface area contributed by atoms with Crippen LogP contribution >= 0.6 is 50.1 Å². The molecule has 7 heteroatoms. The van der Waals surface area contributed by atoms with Crippen LogP contribution in [0.5, 0.6) is 0 Å². The normalized spacial score (nSPS) is 13.9. The number of aromatic nitrogens is 2. The summed E-state index contributed by atoms with van der Waals surface area (Å²) in [5.74, 6) is 0. The highest BCUT2D eigenvalue weighted by Gasteiger charge is 2.25. The van der Waals surface area contributed by atoms with Crippen LogP contribution in [0.25, 0.3) is 11.0 Å². The van der Waals surface area contributed by atoms with E-state index in [4.69, 9.17) is 16.3 Å². The first-order valence-corrected chi connectivity index (χ1v) is 12.8. The first kappa shape index (κ1) is 17.7. The van der Waals surface area contributed by atoms with Gasteiger partial charge in [-0.1, -0.05) is 31.2 Å². The number of pyridine rings is 1. The number of rotatable bonds is 5. The number of ether oxygens (including phenoxy) is 1. The Labute approximate surface area is 153 Å². The molecule has 0 saturated heterocycles. The topological polar surface area (TPSA) is 27.1 Å². The van der Waals surface area contributed by atoms with Gasteiger partial charge in [0.1, 0.15) is 11.9 Å². The molecule has 2 heterocycles. The predicted molar refractivity (Wildman–Crippen MR) is 104 cm³/mol. The second kappa shape index (κ2) is 6.86. The summed E-state index contributed by atoms with van der Waals surface area (Å²) in [5, 5.41) is 1.71. The molecule has 0 amide bonds. The number of fused-ring (bicyclic) bond motifs is 1. The van der Waals surface area contributed by atoms with Gasteiger partial charge in [0.15, 0.2) is 0 Å². The van der Waals surface area contributed by atoms with Gasteiger partial charge in [-0.05, 0) is 51.5 Å². The number of hydrogen-bond donors (Lipinski definition) is 0. The van der Waals surface area contributed by atoms with E-state index in [0.29, 0.717) is 11.6 Å². The summed E-state index contributed by atoms with van der Waals surface area (Å²) in [6, 6.07) is 1.05. The summed E-state index contributed by atoms with van der Waals surface area (Å²) >= 11 is 12.2. The molecule has 1 atom stereocenters. The van der Waals surface area contributed by atoms with Gasteiger partial charge in [-0.15, -0.1) is 0 Å². The van der Waals surface area contributed by atoms with Gasteiger partial charge in [-0.25, -0.2) is 4.98 Å². The van der Waals surface area contributed by atoms with Gasteiger partial charge < -0.3 is 9.30 Å². The maximum Gasteiger partial charge on any atom is 0.144 e. The van der Waals surface area contributed by atoms with Crippen molar-refractivity contribution in [2.75, 3.05) is 6.61 Å². The summed E-state index contributed by atoms with van der Waals surface area (Å²) in [7, 11) is -1.26. The van der Waals surface area contributed by atoms with Crippen LogP contribution in [0.15, 0.2) is 16.9 Å². The average Bonchev–Trinajstić information content (AvgIpc) is 2.70. The van der Waals surface area contributed by atoms with Crippen LogP contribution in [0.3, 0.4) is 0 Å². The fourth-order valence-corrected chi connectivity index (χ4v) is 5.15. The smallest absolute Gasteiger partial charge is 0.144 e. The molecule has 0 aliphatic heterocycles. The Hall–Kier alpha value is 0.367. The van der Waals surface area contributed by atoms with Crippen molar-refractivity contribution < 1.29 is 4.74 Å². The quantitative estimate of drug-likeness (QED) is 0.375. The Morgan fingerprint density at radius 2 is 2.14 bits per heavy atom. The molecule has 0 aromatic carbocycles. The maximum atomic E-state index is 6.42. The van der Waals surface area contributed by atoms with Crippen LogP contribution in [-0.2, 0) is 4.74 Å². The fraction of sp³-hybridized carbons (Fsp3) is 0.500. The summed E-state index contributed by atoms with van der Waals surface area (Å²) in [5.41, 5.74) is 0.893. The second-order valence-electron chi connectivity index (χ2n) is 6.18. The van der Waals surface area contributed by atoms with Crippen LogP contribution in [-0.4, -0.2) is 24.2 Å². The summed E-state index contributed by atoms with van der Waals surface area (Å²) in [6.07, 6.45) is 3.88. The van der Waals surface area contributed by atoms with Crippen LogP contribution < -0.4 is 0 Å². The Morgan fingerprint density at radius 3 is 2.71 bits per heavy atom. The van der Waals surface area contributed by atoms with Gasteiger partial charge >= 0.3 is 0 Å². The molecule has 3 nitrogen and oxygen atoms in total. The van der Waals surface area contributed by atoms with Crippen LogP contribution in [0.1, 0.15) is 13.2 Å². The van der Waals surface area contributed by atoms with E-state index in [1.807, 2.05) is 6.92 Å². The Kier molecular flexibility index (Phi) is 5.79. The van der Waals surface area contributed by atoms with E-state index in [0.717, 1.165) is 25.1 Å². The summed E-state index contributed by atoms with van der Waals surface area (Å²) in [6.45, 7) is 9.78. The minimum atomic E-state index is -1.26. The number of halogens is 3. The monoisotopic (exact) mass is 500 g/mol. The zero-order valence-corrected chi connectivity index (χ0v) is 18.1. The predicted octanol–water partition coefficient (Wildman–Crippen LogP) is 5.93. The van der Waals surface area contributed by atoms with E-state index in [-0.39, 0.29) is 6.23 Å². The third-order valence-electron chi connectivity index (χ3n) is 3.15. The molecule has 0 spiro atoms.